The molecule has 3 N–H and O–H groups in total. The van der Waals surface area contributed by atoms with Crippen LogP contribution in [0.3, 0.4) is 0 Å². The highest BCUT2D eigenvalue weighted by atomic mass is 16.1. The van der Waals surface area contributed by atoms with Crippen molar-refractivity contribution in [3.63, 3.8) is 0 Å². The molecule has 2 unspecified atom stereocenters. The summed E-state index contributed by atoms with van der Waals surface area (Å²) in [6.45, 7) is 5.43. The molecule has 4 rings (SSSR count). The van der Waals surface area contributed by atoms with Crippen molar-refractivity contribution in [2.24, 2.45) is 23.5 Å². The number of carbonyl (C=O) groups is 1. The van der Waals surface area contributed by atoms with Gasteiger partial charge in [-0.05, 0) is 62.3 Å². The molecule has 2 saturated carbocycles. The molecular formula is C22H34N4O. The van der Waals surface area contributed by atoms with E-state index in [4.69, 9.17) is 5.73 Å². The maximum atomic E-state index is 12.9. The van der Waals surface area contributed by atoms with Crippen LogP contribution in [0.4, 0.5) is 5.69 Å². The number of benzene rings is 1. The van der Waals surface area contributed by atoms with Crippen molar-refractivity contribution in [1.82, 2.24) is 9.80 Å². The van der Waals surface area contributed by atoms with E-state index in [1.807, 2.05) is 6.07 Å². The maximum Gasteiger partial charge on any atom is 0.227 e. The molecule has 1 heterocycles. The van der Waals surface area contributed by atoms with Gasteiger partial charge in [-0.2, -0.15) is 0 Å². The molecule has 148 valence electrons. The third-order valence-electron chi connectivity index (χ3n) is 6.98. The first-order valence-corrected chi connectivity index (χ1v) is 10.6. The van der Waals surface area contributed by atoms with Crippen LogP contribution in [0.5, 0.6) is 0 Å². The van der Waals surface area contributed by atoms with Crippen molar-refractivity contribution in [2.45, 2.75) is 44.7 Å². The molecule has 1 saturated heterocycles. The molecule has 27 heavy (non-hydrogen) atoms. The molecule has 3 aliphatic rings. The van der Waals surface area contributed by atoms with Gasteiger partial charge in [-0.1, -0.05) is 18.6 Å². The minimum atomic E-state index is 0.126. The van der Waals surface area contributed by atoms with Crippen LogP contribution in [0, 0.1) is 17.8 Å². The molecule has 2 bridgehead atoms. The molecule has 1 aliphatic heterocycles. The van der Waals surface area contributed by atoms with E-state index in [2.05, 4.69) is 40.4 Å². The summed E-state index contributed by atoms with van der Waals surface area (Å²) in [5.41, 5.74) is 8.59. The monoisotopic (exact) mass is 370 g/mol. The van der Waals surface area contributed by atoms with E-state index in [0.717, 1.165) is 51.3 Å². The fourth-order valence-electron chi connectivity index (χ4n) is 5.26. The minimum Gasteiger partial charge on any atom is -0.327 e. The third-order valence-corrected chi connectivity index (χ3v) is 6.98. The Morgan fingerprint density at radius 2 is 1.85 bits per heavy atom. The normalized spacial score (nSPS) is 32.2. The van der Waals surface area contributed by atoms with Crippen LogP contribution in [0.1, 0.15) is 37.7 Å². The second-order valence-electron chi connectivity index (χ2n) is 8.97. The number of fused-ring (bicyclic) bond motifs is 2. The van der Waals surface area contributed by atoms with Crippen LogP contribution in [0.2, 0.25) is 0 Å². The lowest BCUT2D eigenvalue weighted by atomic mass is 9.65. The Balaban J connectivity index is 1.34. The van der Waals surface area contributed by atoms with Gasteiger partial charge in [-0.25, -0.2) is 0 Å². The average Bonchev–Trinajstić information content (AvgIpc) is 2.64. The molecule has 1 amide bonds. The Hall–Kier alpha value is -1.43. The van der Waals surface area contributed by atoms with Crippen LogP contribution in [-0.4, -0.2) is 55.0 Å². The smallest absolute Gasteiger partial charge is 0.227 e. The van der Waals surface area contributed by atoms with Crippen molar-refractivity contribution in [3.8, 4) is 0 Å². The number of rotatable bonds is 4. The van der Waals surface area contributed by atoms with Gasteiger partial charge in [-0.3, -0.25) is 9.69 Å². The van der Waals surface area contributed by atoms with E-state index in [9.17, 15) is 4.79 Å². The van der Waals surface area contributed by atoms with E-state index >= 15 is 0 Å². The third kappa shape index (κ3) is 4.53. The lowest BCUT2D eigenvalue weighted by Crippen LogP contribution is -2.48. The molecule has 5 nitrogen and oxygen atoms in total. The Morgan fingerprint density at radius 3 is 2.56 bits per heavy atom. The molecule has 5 heteroatoms. The standard InChI is InChI=1S/C22H34N4O/c1-25-8-10-26(11-9-25)15-16-4-2-7-20(12-16)24-22(27)19-13-17-5-3-6-18(14-19)21(17)23/h2,4,7,12,17-19,21H,3,5-6,8-11,13-15,23H2,1H3,(H,24,27). The zero-order chi connectivity index (χ0) is 18.8. The van der Waals surface area contributed by atoms with E-state index in [1.54, 1.807) is 0 Å². The quantitative estimate of drug-likeness (QED) is 0.855. The first-order valence-electron chi connectivity index (χ1n) is 10.6. The minimum absolute atomic E-state index is 0.126. The second kappa shape index (κ2) is 8.29. The van der Waals surface area contributed by atoms with Crippen molar-refractivity contribution in [2.75, 3.05) is 38.5 Å². The highest BCUT2D eigenvalue weighted by Gasteiger charge is 2.40. The zero-order valence-electron chi connectivity index (χ0n) is 16.6. The number of likely N-dealkylation sites (N-methyl/N-ethyl adjacent to an activating group) is 1. The van der Waals surface area contributed by atoms with Crippen molar-refractivity contribution >= 4 is 11.6 Å². The van der Waals surface area contributed by atoms with Crippen LogP contribution >= 0.6 is 0 Å². The molecule has 2 atom stereocenters. The summed E-state index contributed by atoms with van der Waals surface area (Å²) in [5.74, 6) is 1.39. The van der Waals surface area contributed by atoms with E-state index in [-0.39, 0.29) is 11.8 Å². The van der Waals surface area contributed by atoms with Gasteiger partial charge in [0.05, 0.1) is 0 Å². The van der Waals surface area contributed by atoms with Crippen LogP contribution in [-0.2, 0) is 11.3 Å². The molecule has 2 aliphatic carbocycles. The first-order chi connectivity index (χ1) is 13.1. The molecule has 0 aromatic heterocycles. The number of nitrogens with two attached hydrogens (primary N) is 1. The number of nitrogens with zero attached hydrogens (tertiary/aromatic N) is 2. The van der Waals surface area contributed by atoms with E-state index in [1.165, 1.54) is 24.8 Å². The fourth-order valence-corrected chi connectivity index (χ4v) is 5.26. The lowest BCUT2D eigenvalue weighted by molar-refractivity contribution is -0.122. The molecule has 1 aromatic carbocycles. The average molecular weight is 371 g/mol. The predicted molar refractivity (Wildman–Crippen MR) is 109 cm³/mol. The molecule has 3 fully saturated rings. The van der Waals surface area contributed by atoms with Crippen molar-refractivity contribution in [1.29, 1.82) is 0 Å². The summed E-state index contributed by atoms with van der Waals surface area (Å²) < 4.78 is 0. The summed E-state index contributed by atoms with van der Waals surface area (Å²) in [6.07, 6.45) is 5.60. The molecule has 0 radical (unpaired) electrons. The fraction of sp³-hybridized carbons (Fsp3) is 0.682. The van der Waals surface area contributed by atoms with Gasteiger partial charge in [0.25, 0.3) is 0 Å². The Bertz CT molecular complexity index is 641. The summed E-state index contributed by atoms with van der Waals surface area (Å²) >= 11 is 0. The number of piperazine rings is 1. The highest BCUT2D eigenvalue weighted by molar-refractivity contribution is 5.92. The van der Waals surface area contributed by atoms with Gasteiger partial charge >= 0.3 is 0 Å². The van der Waals surface area contributed by atoms with E-state index in [0.29, 0.717) is 17.9 Å². The summed E-state index contributed by atoms with van der Waals surface area (Å²) in [7, 11) is 2.18. The zero-order valence-corrected chi connectivity index (χ0v) is 16.6. The van der Waals surface area contributed by atoms with Crippen LogP contribution in [0.25, 0.3) is 0 Å². The van der Waals surface area contributed by atoms with Gasteiger partial charge in [0.2, 0.25) is 5.91 Å². The molecule has 0 spiro atoms. The van der Waals surface area contributed by atoms with Gasteiger partial charge in [-0.15, -0.1) is 0 Å². The highest BCUT2D eigenvalue weighted by Crippen LogP contribution is 2.42. The van der Waals surface area contributed by atoms with Crippen LogP contribution in [0.15, 0.2) is 24.3 Å². The van der Waals surface area contributed by atoms with Gasteiger partial charge in [0.15, 0.2) is 0 Å². The maximum absolute atomic E-state index is 12.9. The number of nitrogens with one attached hydrogen (secondary N) is 1. The van der Waals surface area contributed by atoms with E-state index < -0.39 is 0 Å². The van der Waals surface area contributed by atoms with Gasteiger partial charge in [0.1, 0.15) is 0 Å². The number of carbonyl (C=O) groups excluding carboxylic acids is 1. The Morgan fingerprint density at radius 1 is 1.15 bits per heavy atom. The van der Waals surface area contributed by atoms with Crippen molar-refractivity contribution < 1.29 is 4.79 Å². The van der Waals surface area contributed by atoms with Crippen molar-refractivity contribution in [3.05, 3.63) is 29.8 Å². The number of anilines is 1. The predicted octanol–water partition coefficient (Wildman–Crippen LogP) is 2.53. The van der Waals surface area contributed by atoms with Gasteiger partial charge in [0, 0.05) is 50.4 Å². The summed E-state index contributed by atoms with van der Waals surface area (Å²) in [4.78, 5) is 17.7. The lowest BCUT2D eigenvalue weighted by Gasteiger charge is -2.43. The van der Waals surface area contributed by atoms with Crippen LogP contribution < -0.4 is 11.1 Å². The second-order valence-corrected chi connectivity index (χ2v) is 8.97. The summed E-state index contributed by atoms with van der Waals surface area (Å²) in [5, 5.41) is 3.19. The number of hydrogen-bond donors (Lipinski definition) is 2. The topological polar surface area (TPSA) is 61.6 Å². The SMILES string of the molecule is CN1CCN(Cc2cccc(NC(=O)C3CC4CCCC(C3)C4N)c2)CC1. The Kier molecular flexibility index (Phi) is 5.81. The van der Waals surface area contributed by atoms with Gasteiger partial charge < -0.3 is 16.0 Å². The largest absolute Gasteiger partial charge is 0.327 e. The number of hydrogen-bond acceptors (Lipinski definition) is 4. The first kappa shape index (κ1) is 18.9. The molecular weight excluding hydrogens is 336 g/mol. The number of amides is 1. The summed E-state index contributed by atoms with van der Waals surface area (Å²) in [6, 6.07) is 8.70. The molecule has 1 aromatic rings. The Labute approximate surface area is 163 Å².